The molecule has 1 amide bonds. The summed E-state index contributed by atoms with van der Waals surface area (Å²) in [5.74, 6) is -0.00801. The summed E-state index contributed by atoms with van der Waals surface area (Å²) in [4.78, 5) is 15.9. The first kappa shape index (κ1) is 15.5. The van der Waals surface area contributed by atoms with Gasteiger partial charge in [-0.3, -0.25) is 4.79 Å². The van der Waals surface area contributed by atoms with Gasteiger partial charge in [-0.2, -0.15) is 0 Å². The number of aliphatic hydroxyl groups is 1. The molecule has 19 heavy (non-hydrogen) atoms. The van der Waals surface area contributed by atoms with E-state index in [4.69, 9.17) is 0 Å². The fraction of sp³-hybridized carbons (Fsp3) is 0.533. The summed E-state index contributed by atoms with van der Waals surface area (Å²) in [6, 6.07) is 7.61. The highest BCUT2D eigenvalue weighted by Crippen LogP contribution is 2.14. The van der Waals surface area contributed by atoms with E-state index in [0.717, 1.165) is 12.2 Å². The first-order valence-corrected chi connectivity index (χ1v) is 6.70. The van der Waals surface area contributed by atoms with E-state index in [9.17, 15) is 9.90 Å². The lowest BCUT2D eigenvalue weighted by molar-refractivity contribution is 0.0769. The molecule has 106 valence electrons. The van der Waals surface area contributed by atoms with Crippen LogP contribution in [-0.4, -0.2) is 49.2 Å². The first-order chi connectivity index (χ1) is 8.95. The number of benzene rings is 1. The van der Waals surface area contributed by atoms with E-state index in [1.807, 2.05) is 31.3 Å². The van der Waals surface area contributed by atoms with Crippen molar-refractivity contribution in [1.82, 2.24) is 4.90 Å². The molecule has 1 rings (SSSR count). The molecule has 1 aromatic carbocycles. The van der Waals surface area contributed by atoms with Gasteiger partial charge >= 0.3 is 0 Å². The Labute approximate surface area is 115 Å². The minimum atomic E-state index is -0.379. The summed E-state index contributed by atoms with van der Waals surface area (Å²) in [5.41, 5.74) is 1.78. The lowest BCUT2D eigenvalue weighted by atomic mass is 10.1. The molecule has 4 nitrogen and oxygen atoms in total. The lowest BCUT2D eigenvalue weighted by Gasteiger charge is -2.20. The summed E-state index contributed by atoms with van der Waals surface area (Å²) in [6.45, 7) is 5.31. The van der Waals surface area contributed by atoms with Gasteiger partial charge in [-0.1, -0.05) is 0 Å². The number of anilines is 1. The Morgan fingerprint density at radius 3 is 2.32 bits per heavy atom. The number of rotatable bonds is 6. The standard InChI is InChI=1S/C15H24N2O2/c1-5-16(3)14-8-6-13(7-9-14)15(19)17(4)11-10-12(2)18/h6-9,12,18H,5,10-11H2,1-4H3. The molecule has 0 bridgehead atoms. The van der Waals surface area contributed by atoms with Gasteiger partial charge in [0, 0.05) is 38.4 Å². The average molecular weight is 264 g/mol. The van der Waals surface area contributed by atoms with Crippen molar-refractivity contribution in [3.8, 4) is 0 Å². The van der Waals surface area contributed by atoms with Crippen LogP contribution in [0.25, 0.3) is 0 Å². The Balaban J connectivity index is 2.67. The van der Waals surface area contributed by atoms with Crippen LogP contribution in [-0.2, 0) is 0 Å². The maximum atomic E-state index is 12.1. The molecule has 0 saturated carbocycles. The smallest absolute Gasteiger partial charge is 0.253 e. The highest BCUT2D eigenvalue weighted by atomic mass is 16.3. The third-order valence-corrected chi connectivity index (χ3v) is 3.26. The second-order valence-corrected chi connectivity index (χ2v) is 4.93. The number of carbonyl (C=O) groups excluding carboxylic acids is 1. The SMILES string of the molecule is CCN(C)c1ccc(C(=O)N(C)CCC(C)O)cc1. The van der Waals surface area contributed by atoms with Crippen LogP contribution in [0.3, 0.4) is 0 Å². The molecule has 0 spiro atoms. The van der Waals surface area contributed by atoms with E-state index in [1.54, 1.807) is 18.9 Å². The first-order valence-electron chi connectivity index (χ1n) is 6.70. The molecule has 0 aromatic heterocycles. The molecule has 0 aliphatic rings. The normalized spacial score (nSPS) is 12.1. The number of amides is 1. The molecular formula is C15H24N2O2. The van der Waals surface area contributed by atoms with Crippen LogP contribution in [0.15, 0.2) is 24.3 Å². The summed E-state index contributed by atoms with van der Waals surface area (Å²) < 4.78 is 0. The molecule has 0 aliphatic heterocycles. The van der Waals surface area contributed by atoms with E-state index >= 15 is 0 Å². The number of nitrogens with zero attached hydrogens (tertiary/aromatic N) is 2. The second kappa shape index (κ2) is 7.14. The predicted molar refractivity (Wildman–Crippen MR) is 78.6 cm³/mol. The van der Waals surface area contributed by atoms with Crippen LogP contribution < -0.4 is 4.90 Å². The van der Waals surface area contributed by atoms with Crippen LogP contribution in [0.2, 0.25) is 0 Å². The highest BCUT2D eigenvalue weighted by Gasteiger charge is 2.12. The number of hydrogen-bond acceptors (Lipinski definition) is 3. The minimum Gasteiger partial charge on any atom is -0.393 e. The van der Waals surface area contributed by atoms with Crippen molar-refractivity contribution in [2.45, 2.75) is 26.4 Å². The molecule has 0 radical (unpaired) electrons. The molecule has 4 heteroatoms. The predicted octanol–water partition coefficient (Wildman–Crippen LogP) is 1.99. The minimum absolute atomic E-state index is 0.00801. The van der Waals surface area contributed by atoms with Crippen molar-refractivity contribution in [1.29, 1.82) is 0 Å². The molecule has 0 fully saturated rings. The zero-order valence-electron chi connectivity index (χ0n) is 12.3. The van der Waals surface area contributed by atoms with E-state index in [0.29, 0.717) is 18.5 Å². The highest BCUT2D eigenvalue weighted by molar-refractivity contribution is 5.94. The Kier molecular flexibility index (Phi) is 5.83. The Morgan fingerprint density at radius 1 is 1.26 bits per heavy atom. The van der Waals surface area contributed by atoms with E-state index in [2.05, 4.69) is 11.8 Å². The van der Waals surface area contributed by atoms with Gasteiger partial charge in [0.15, 0.2) is 0 Å². The zero-order chi connectivity index (χ0) is 14.4. The average Bonchev–Trinajstić information content (AvgIpc) is 2.43. The summed E-state index contributed by atoms with van der Waals surface area (Å²) in [5, 5.41) is 9.23. The number of carbonyl (C=O) groups is 1. The zero-order valence-corrected chi connectivity index (χ0v) is 12.3. The second-order valence-electron chi connectivity index (χ2n) is 4.93. The topological polar surface area (TPSA) is 43.8 Å². The van der Waals surface area contributed by atoms with Gasteiger partial charge < -0.3 is 14.9 Å². The molecule has 0 heterocycles. The summed E-state index contributed by atoms with van der Waals surface area (Å²) >= 11 is 0. The van der Waals surface area contributed by atoms with E-state index < -0.39 is 0 Å². The van der Waals surface area contributed by atoms with E-state index in [1.165, 1.54) is 0 Å². The van der Waals surface area contributed by atoms with Crippen molar-refractivity contribution >= 4 is 11.6 Å². The van der Waals surface area contributed by atoms with Gasteiger partial charge in [0.25, 0.3) is 5.91 Å². The molecule has 1 N–H and O–H groups in total. The van der Waals surface area contributed by atoms with Crippen molar-refractivity contribution < 1.29 is 9.90 Å². The van der Waals surface area contributed by atoms with Gasteiger partial charge in [0.1, 0.15) is 0 Å². The van der Waals surface area contributed by atoms with E-state index in [-0.39, 0.29) is 12.0 Å². The fourth-order valence-corrected chi connectivity index (χ4v) is 1.74. The Bertz CT molecular complexity index is 401. The van der Waals surface area contributed by atoms with Gasteiger partial charge in [-0.15, -0.1) is 0 Å². The quantitative estimate of drug-likeness (QED) is 0.854. The molecular weight excluding hydrogens is 240 g/mol. The van der Waals surface area contributed by atoms with Crippen LogP contribution in [0.5, 0.6) is 0 Å². The number of hydrogen-bond donors (Lipinski definition) is 1. The largest absolute Gasteiger partial charge is 0.393 e. The Morgan fingerprint density at radius 2 is 1.84 bits per heavy atom. The molecule has 1 aromatic rings. The lowest BCUT2D eigenvalue weighted by Crippen LogP contribution is -2.29. The molecule has 1 unspecified atom stereocenters. The number of aliphatic hydroxyl groups excluding tert-OH is 1. The van der Waals surface area contributed by atoms with Gasteiger partial charge in [0.2, 0.25) is 0 Å². The summed E-state index contributed by atoms with van der Waals surface area (Å²) in [7, 11) is 3.78. The Hall–Kier alpha value is -1.55. The maximum absolute atomic E-state index is 12.1. The van der Waals surface area contributed by atoms with Crippen molar-refractivity contribution in [3.63, 3.8) is 0 Å². The van der Waals surface area contributed by atoms with Crippen LogP contribution in [0.1, 0.15) is 30.6 Å². The van der Waals surface area contributed by atoms with Crippen LogP contribution in [0, 0.1) is 0 Å². The van der Waals surface area contributed by atoms with Crippen molar-refractivity contribution in [3.05, 3.63) is 29.8 Å². The fourth-order valence-electron chi connectivity index (χ4n) is 1.74. The monoisotopic (exact) mass is 264 g/mol. The van der Waals surface area contributed by atoms with Gasteiger partial charge in [-0.05, 0) is 44.5 Å². The molecule has 0 aliphatic carbocycles. The third kappa shape index (κ3) is 4.56. The van der Waals surface area contributed by atoms with Gasteiger partial charge in [-0.25, -0.2) is 0 Å². The van der Waals surface area contributed by atoms with Gasteiger partial charge in [0.05, 0.1) is 6.10 Å². The van der Waals surface area contributed by atoms with Crippen molar-refractivity contribution in [2.75, 3.05) is 32.1 Å². The van der Waals surface area contributed by atoms with Crippen molar-refractivity contribution in [2.24, 2.45) is 0 Å². The molecule has 0 saturated heterocycles. The van der Waals surface area contributed by atoms with Crippen LogP contribution >= 0.6 is 0 Å². The molecule has 1 atom stereocenters. The van der Waals surface area contributed by atoms with Crippen LogP contribution in [0.4, 0.5) is 5.69 Å². The maximum Gasteiger partial charge on any atom is 0.253 e. The summed E-state index contributed by atoms with van der Waals surface area (Å²) in [6.07, 6.45) is 0.217. The third-order valence-electron chi connectivity index (χ3n) is 3.26.